The molecular formula is C20H21N3OS2. The first kappa shape index (κ1) is 17.4. The summed E-state index contributed by atoms with van der Waals surface area (Å²) in [5, 5.41) is 8.94. The van der Waals surface area contributed by atoms with Crippen molar-refractivity contribution < 1.29 is 4.79 Å². The van der Waals surface area contributed by atoms with Crippen LogP contribution in [0, 0.1) is 0 Å². The number of rotatable bonds is 5. The van der Waals surface area contributed by atoms with Crippen molar-refractivity contribution in [2.45, 2.75) is 25.4 Å². The third kappa shape index (κ3) is 4.03. The maximum absolute atomic E-state index is 12.5. The second kappa shape index (κ2) is 8.12. The van der Waals surface area contributed by atoms with Crippen LogP contribution in [0.25, 0.3) is 10.6 Å². The minimum absolute atomic E-state index is 0.145. The van der Waals surface area contributed by atoms with Crippen LogP contribution in [0.2, 0.25) is 0 Å². The van der Waals surface area contributed by atoms with Crippen LogP contribution in [0.3, 0.4) is 0 Å². The van der Waals surface area contributed by atoms with E-state index in [4.69, 9.17) is 0 Å². The molecule has 1 aromatic carbocycles. The van der Waals surface area contributed by atoms with E-state index in [2.05, 4.69) is 27.1 Å². The van der Waals surface area contributed by atoms with Crippen molar-refractivity contribution in [1.82, 2.24) is 15.2 Å². The number of hydrogen-bond acceptors (Lipinski definition) is 5. The fourth-order valence-electron chi connectivity index (χ4n) is 3.20. The van der Waals surface area contributed by atoms with Crippen molar-refractivity contribution >= 4 is 28.6 Å². The number of thiazole rings is 1. The number of likely N-dealkylation sites (tertiary alicyclic amines) is 1. The number of hydrogen-bond donors (Lipinski definition) is 1. The van der Waals surface area contributed by atoms with Gasteiger partial charge in [-0.25, -0.2) is 4.98 Å². The minimum Gasteiger partial charge on any atom is -0.339 e. The molecular weight excluding hydrogens is 362 g/mol. The highest BCUT2D eigenvalue weighted by Gasteiger charge is 2.23. The fourth-order valence-corrected chi connectivity index (χ4v) is 4.78. The van der Waals surface area contributed by atoms with E-state index in [1.165, 1.54) is 10.4 Å². The molecule has 0 aliphatic carbocycles. The molecule has 1 fully saturated rings. The van der Waals surface area contributed by atoms with Crippen LogP contribution in [0.1, 0.15) is 28.1 Å². The van der Waals surface area contributed by atoms with E-state index in [1.54, 1.807) is 22.7 Å². The molecule has 0 unspecified atom stereocenters. The lowest BCUT2D eigenvalue weighted by Crippen LogP contribution is -2.44. The summed E-state index contributed by atoms with van der Waals surface area (Å²) in [6, 6.07) is 12.1. The van der Waals surface area contributed by atoms with Crippen molar-refractivity contribution in [2.24, 2.45) is 0 Å². The highest BCUT2D eigenvalue weighted by molar-refractivity contribution is 7.15. The van der Waals surface area contributed by atoms with Gasteiger partial charge in [0, 0.05) is 53.3 Å². The van der Waals surface area contributed by atoms with Crippen LogP contribution < -0.4 is 5.32 Å². The predicted molar refractivity (Wildman–Crippen MR) is 108 cm³/mol. The highest BCUT2D eigenvalue weighted by Crippen LogP contribution is 2.27. The number of aromatic nitrogens is 1. The van der Waals surface area contributed by atoms with E-state index in [9.17, 15) is 4.79 Å². The van der Waals surface area contributed by atoms with Gasteiger partial charge in [-0.3, -0.25) is 4.79 Å². The van der Waals surface area contributed by atoms with E-state index in [0.29, 0.717) is 6.04 Å². The number of amides is 1. The summed E-state index contributed by atoms with van der Waals surface area (Å²) in [5.74, 6) is 0.145. The number of piperidine rings is 1. The van der Waals surface area contributed by atoms with Gasteiger partial charge in [-0.1, -0.05) is 18.2 Å². The molecule has 3 aromatic rings. The third-order valence-corrected chi connectivity index (χ3v) is 6.42. The molecule has 0 bridgehead atoms. The SMILES string of the molecule is O=C(c1ccccc1)N1CCC(NCc2cnc(-c3ccsc3)s2)CC1. The lowest BCUT2D eigenvalue weighted by Gasteiger charge is -2.32. The zero-order valence-electron chi connectivity index (χ0n) is 14.4. The Labute approximate surface area is 161 Å². The molecule has 1 saturated heterocycles. The van der Waals surface area contributed by atoms with E-state index < -0.39 is 0 Å². The predicted octanol–water partition coefficient (Wildman–Crippen LogP) is 4.27. The van der Waals surface area contributed by atoms with Crippen LogP contribution in [0.4, 0.5) is 0 Å². The number of carbonyl (C=O) groups excluding carboxylic acids is 1. The van der Waals surface area contributed by atoms with Gasteiger partial charge in [0.05, 0.1) is 0 Å². The second-order valence-corrected chi connectivity index (χ2v) is 8.35. The Morgan fingerprint density at radius 3 is 2.73 bits per heavy atom. The Bertz CT molecular complexity index is 837. The summed E-state index contributed by atoms with van der Waals surface area (Å²) in [5.41, 5.74) is 1.99. The molecule has 1 amide bonds. The van der Waals surface area contributed by atoms with Gasteiger partial charge in [-0.2, -0.15) is 11.3 Å². The van der Waals surface area contributed by atoms with E-state index in [-0.39, 0.29) is 5.91 Å². The van der Waals surface area contributed by atoms with Crippen molar-refractivity contribution in [3.05, 3.63) is 63.8 Å². The van der Waals surface area contributed by atoms with Gasteiger partial charge < -0.3 is 10.2 Å². The molecule has 6 heteroatoms. The lowest BCUT2D eigenvalue weighted by molar-refractivity contribution is 0.0705. The smallest absolute Gasteiger partial charge is 0.253 e. The van der Waals surface area contributed by atoms with Gasteiger partial charge in [0.1, 0.15) is 5.01 Å². The Morgan fingerprint density at radius 1 is 1.19 bits per heavy atom. The van der Waals surface area contributed by atoms with Crippen LogP contribution in [0.15, 0.2) is 53.4 Å². The third-order valence-electron chi connectivity index (χ3n) is 4.69. The fraction of sp³-hybridized carbons (Fsp3) is 0.300. The summed E-state index contributed by atoms with van der Waals surface area (Å²) < 4.78 is 0. The zero-order valence-corrected chi connectivity index (χ0v) is 16.1. The molecule has 1 N–H and O–H groups in total. The molecule has 0 atom stereocenters. The van der Waals surface area contributed by atoms with E-state index >= 15 is 0 Å². The monoisotopic (exact) mass is 383 g/mol. The second-order valence-electron chi connectivity index (χ2n) is 6.46. The zero-order chi connectivity index (χ0) is 17.8. The largest absolute Gasteiger partial charge is 0.339 e. The van der Waals surface area contributed by atoms with Crippen molar-refractivity contribution in [2.75, 3.05) is 13.1 Å². The number of nitrogens with one attached hydrogen (secondary N) is 1. The average Bonchev–Trinajstić information content (AvgIpc) is 3.38. The first-order valence-electron chi connectivity index (χ1n) is 8.84. The quantitative estimate of drug-likeness (QED) is 0.716. The standard InChI is InChI=1S/C20H21N3OS2/c24-20(15-4-2-1-3-5-15)23-9-6-17(7-10-23)21-12-18-13-22-19(26-18)16-8-11-25-14-16/h1-5,8,11,13-14,17,21H,6-7,9-10,12H2. The van der Waals surface area contributed by atoms with Crippen molar-refractivity contribution in [3.63, 3.8) is 0 Å². The van der Waals surface area contributed by atoms with Gasteiger partial charge >= 0.3 is 0 Å². The maximum Gasteiger partial charge on any atom is 0.253 e. The Morgan fingerprint density at radius 2 is 2.00 bits per heavy atom. The first-order valence-corrected chi connectivity index (χ1v) is 10.6. The number of nitrogens with zero attached hydrogens (tertiary/aromatic N) is 2. The van der Waals surface area contributed by atoms with Crippen molar-refractivity contribution in [3.8, 4) is 10.6 Å². The highest BCUT2D eigenvalue weighted by atomic mass is 32.1. The molecule has 134 valence electrons. The average molecular weight is 384 g/mol. The Balaban J connectivity index is 1.26. The molecule has 0 radical (unpaired) electrons. The molecule has 26 heavy (non-hydrogen) atoms. The number of benzene rings is 1. The summed E-state index contributed by atoms with van der Waals surface area (Å²) in [7, 11) is 0. The summed E-state index contributed by atoms with van der Waals surface area (Å²) >= 11 is 3.45. The molecule has 4 nitrogen and oxygen atoms in total. The molecule has 0 spiro atoms. The summed E-state index contributed by atoms with van der Waals surface area (Å²) in [6.07, 6.45) is 3.96. The number of carbonyl (C=O) groups is 1. The van der Waals surface area contributed by atoms with Gasteiger partial charge in [0.15, 0.2) is 0 Å². The molecule has 0 saturated carbocycles. The van der Waals surface area contributed by atoms with Crippen LogP contribution in [0.5, 0.6) is 0 Å². The van der Waals surface area contributed by atoms with Crippen molar-refractivity contribution in [1.29, 1.82) is 0 Å². The van der Waals surface area contributed by atoms with E-state index in [0.717, 1.165) is 43.0 Å². The Kier molecular flexibility index (Phi) is 5.43. The van der Waals surface area contributed by atoms with Crippen LogP contribution >= 0.6 is 22.7 Å². The summed E-state index contributed by atoms with van der Waals surface area (Å²) in [4.78, 5) is 20.2. The molecule has 2 aromatic heterocycles. The van der Waals surface area contributed by atoms with Gasteiger partial charge in [0.25, 0.3) is 5.91 Å². The number of thiophene rings is 1. The Hall–Kier alpha value is -2.02. The summed E-state index contributed by atoms with van der Waals surface area (Å²) in [6.45, 7) is 2.47. The molecule has 3 heterocycles. The van der Waals surface area contributed by atoms with Gasteiger partial charge in [-0.15, -0.1) is 11.3 Å². The normalized spacial score (nSPS) is 15.3. The van der Waals surface area contributed by atoms with E-state index in [1.807, 2.05) is 41.4 Å². The van der Waals surface area contributed by atoms with Gasteiger partial charge in [0.2, 0.25) is 0 Å². The minimum atomic E-state index is 0.145. The van der Waals surface area contributed by atoms with Gasteiger partial charge in [-0.05, 0) is 36.4 Å². The van der Waals surface area contributed by atoms with Crippen LogP contribution in [-0.4, -0.2) is 34.9 Å². The molecule has 1 aliphatic heterocycles. The molecule has 4 rings (SSSR count). The topological polar surface area (TPSA) is 45.2 Å². The first-order chi connectivity index (χ1) is 12.8. The van der Waals surface area contributed by atoms with Crippen LogP contribution in [-0.2, 0) is 6.54 Å². The molecule has 1 aliphatic rings. The lowest BCUT2D eigenvalue weighted by atomic mass is 10.0. The maximum atomic E-state index is 12.5.